The van der Waals surface area contributed by atoms with Crippen LogP contribution in [0.25, 0.3) is 11.0 Å². The highest BCUT2D eigenvalue weighted by molar-refractivity contribution is 7.89. The molecule has 1 N–H and O–H groups in total. The van der Waals surface area contributed by atoms with Crippen LogP contribution in [0.15, 0.2) is 40.2 Å². The van der Waals surface area contributed by atoms with Gasteiger partial charge in [-0.2, -0.15) is 9.29 Å². The lowest BCUT2D eigenvalue weighted by Crippen LogP contribution is -2.46. The first-order valence-electron chi connectivity index (χ1n) is 12.0. The summed E-state index contributed by atoms with van der Waals surface area (Å²) in [5, 5.41) is 3.85. The fourth-order valence-electron chi connectivity index (χ4n) is 4.51. The van der Waals surface area contributed by atoms with Crippen molar-refractivity contribution in [2.45, 2.75) is 64.1 Å². The molecule has 4 rings (SSSR count). The van der Waals surface area contributed by atoms with Crippen LogP contribution in [0.3, 0.4) is 0 Å². The number of hydrogen-bond donors (Lipinski definition) is 1. The average molecular weight is 536 g/mol. The van der Waals surface area contributed by atoms with E-state index in [1.807, 2.05) is 27.7 Å². The molecule has 2 aromatic heterocycles. The third-order valence-corrected chi connectivity index (χ3v) is 9.08. The predicted octanol–water partition coefficient (Wildman–Crippen LogP) is 5.23. The summed E-state index contributed by atoms with van der Waals surface area (Å²) >= 11 is 6.09. The Bertz CT molecular complexity index is 1460. The molecular formula is C25H31ClFN5O3S. The second-order valence-electron chi connectivity index (χ2n) is 9.93. The van der Waals surface area contributed by atoms with Crippen LogP contribution in [-0.4, -0.2) is 46.0 Å². The summed E-state index contributed by atoms with van der Waals surface area (Å²) in [7, 11) is -3.75. The molecule has 0 atom stereocenters. The van der Waals surface area contributed by atoms with Gasteiger partial charge in [-0.3, -0.25) is 9.36 Å². The van der Waals surface area contributed by atoms with Crippen molar-refractivity contribution in [2.75, 3.05) is 18.4 Å². The number of fused-ring (bicyclic) bond motifs is 1. The normalized spacial score (nSPS) is 16.7. The summed E-state index contributed by atoms with van der Waals surface area (Å²) in [6.45, 7) is 9.49. The number of alkyl halides is 1. The number of rotatable bonds is 6. The van der Waals surface area contributed by atoms with Crippen molar-refractivity contribution >= 4 is 44.3 Å². The van der Waals surface area contributed by atoms with Crippen LogP contribution < -0.4 is 10.9 Å². The molecule has 1 aliphatic heterocycles. The van der Waals surface area contributed by atoms with Crippen molar-refractivity contribution in [1.82, 2.24) is 18.8 Å². The molecule has 0 radical (unpaired) electrons. The van der Waals surface area contributed by atoms with Crippen molar-refractivity contribution in [3.8, 4) is 0 Å². The smallest absolute Gasteiger partial charge is 0.271 e. The summed E-state index contributed by atoms with van der Waals surface area (Å²) < 4.78 is 44.2. The number of hydrogen-bond acceptors (Lipinski definition) is 6. The highest BCUT2D eigenvalue weighted by Crippen LogP contribution is 2.36. The molecule has 1 aromatic carbocycles. The number of nitrogens with one attached hydrogen (secondary N) is 1. The van der Waals surface area contributed by atoms with E-state index >= 15 is 0 Å². The second-order valence-corrected chi connectivity index (χ2v) is 12.3. The summed E-state index contributed by atoms with van der Waals surface area (Å²) in [6, 6.07) is 6.15. The highest BCUT2D eigenvalue weighted by atomic mass is 35.5. The zero-order chi connectivity index (χ0) is 26.4. The van der Waals surface area contributed by atoms with Crippen LogP contribution >= 0.6 is 11.6 Å². The Hall–Kier alpha value is -2.56. The summed E-state index contributed by atoms with van der Waals surface area (Å²) in [6.07, 6.45) is 1.96. The molecule has 0 amide bonds. The molecular weight excluding hydrogens is 505 g/mol. The maximum Gasteiger partial charge on any atom is 0.271 e. The molecule has 36 heavy (non-hydrogen) atoms. The number of sulfonamides is 1. The SMILES string of the molecule is Cc1cc(S(=O)(=O)N2CCC(F)(C(C)C)CC2)ccc1Nc1ncc2cc(Cl)c(=O)n(C(C)C)c2n1. The monoisotopic (exact) mass is 535 g/mol. The third kappa shape index (κ3) is 4.86. The fourth-order valence-corrected chi connectivity index (χ4v) is 6.24. The van der Waals surface area contributed by atoms with Crippen molar-refractivity contribution in [2.24, 2.45) is 5.92 Å². The van der Waals surface area contributed by atoms with E-state index in [-0.39, 0.29) is 59.3 Å². The zero-order valence-corrected chi connectivity index (χ0v) is 22.6. The number of anilines is 2. The molecule has 11 heteroatoms. The number of aromatic nitrogens is 3. The van der Waals surface area contributed by atoms with E-state index in [4.69, 9.17) is 11.6 Å². The maximum atomic E-state index is 14.9. The van der Waals surface area contributed by atoms with Gasteiger partial charge in [-0.05, 0) is 69.4 Å². The Kier molecular flexibility index (Phi) is 7.15. The van der Waals surface area contributed by atoms with E-state index < -0.39 is 15.7 Å². The lowest BCUT2D eigenvalue weighted by Gasteiger charge is -2.38. The topological polar surface area (TPSA) is 97.2 Å². The molecule has 1 aliphatic rings. The van der Waals surface area contributed by atoms with Crippen molar-refractivity contribution in [1.29, 1.82) is 0 Å². The number of pyridine rings is 1. The van der Waals surface area contributed by atoms with Gasteiger partial charge < -0.3 is 5.32 Å². The Morgan fingerprint density at radius 2 is 1.81 bits per heavy atom. The van der Waals surface area contributed by atoms with Crippen LogP contribution in [0.5, 0.6) is 0 Å². The number of aryl methyl sites for hydroxylation is 1. The molecule has 0 unspecified atom stereocenters. The minimum Gasteiger partial charge on any atom is -0.324 e. The van der Waals surface area contributed by atoms with Crippen molar-refractivity contribution in [3.63, 3.8) is 0 Å². The van der Waals surface area contributed by atoms with Gasteiger partial charge in [0.1, 0.15) is 16.3 Å². The molecule has 0 saturated carbocycles. The minimum atomic E-state index is -3.75. The second kappa shape index (κ2) is 9.72. The summed E-state index contributed by atoms with van der Waals surface area (Å²) in [4.78, 5) is 21.6. The standard InChI is InChI=1S/C25H31ClFN5O3S/c1-15(2)25(27)8-10-31(11-9-25)36(34,35)19-6-7-21(17(5)12-19)29-24-28-14-18-13-20(26)23(33)32(16(3)4)22(18)30-24/h6-7,12-16H,8-11H2,1-5H3,(H,28,29,30). The number of piperidine rings is 1. The van der Waals surface area contributed by atoms with Gasteiger partial charge in [0.25, 0.3) is 5.56 Å². The Morgan fingerprint density at radius 3 is 2.39 bits per heavy atom. The molecule has 0 aliphatic carbocycles. The van der Waals surface area contributed by atoms with Gasteiger partial charge in [-0.15, -0.1) is 0 Å². The van der Waals surface area contributed by atoms with Gasteiger partial charge in [-0.25, -0.2) is 17.8 Å². The van der Waals surface area contributed by atoms with Crippen LogP contribution in [-0.2, 0) is 10.0 Å². The Balaban J connectivity index is 1.59. The summed E-state index contributed by atoms with van der Waals surface area (Å²) in [5.41, 5.74) is 0.0922. The molecule has 194 valence electrons. The number of benzene rings is 1. The molecule has 3 aromatic rings. The lowest BCUT2D eigenvalue weighted by atomic mass is 9.84. The maximum absolute atomic E-state index is 14.9. The van der Waals surface area contributed by atoms with Crippen molar-refractivity contribution < 1.29 is 12.8 Å². The largest absolute Gasteiger partial charge is 0.324 e. The van der Waals surface area contributed by atoms with E-state index in [1.165, 1.54) is 14.9 Å². The van der Waals surface area contributed by atoms with Crippen molar-refractivity contribution in [3.05, 3.63) is 51.4 Å². The fraction of sp³-hybridized carbons (Fsp3) is 0.480. The van der Waals surface area contributed by atoms with Crippen LogP contribution in [0, 0.1) is 12.8 Å². The van der Waals surface area contributed by atoms with Crippen LogP contribution in [0.4, 0.5) is 16.0 Å². The highest BCUT2D eigenvalue weighted by Gasteiger charge is 2.40. The van der Waals surface area contributed by atoms with Crippen LogP contribution in [0.1, 0.15) is 52.1 Å². The van der Waals surface area contributed by atoms with Crippen LogP contribution in [0.2, 0.25) is 5.02 Å². The minimum absolute atomic E-state index is 0.100. The number of halogens is 2. The molecule has 0 bridgehead atoms. The molecule has 8 nitrogen and oxygen atoms in total. The molecule has 1 saturated heterocycles. The first-order chi connectivity index (χ1) is 16.8. The van der Waals surface area contributed by atoms with Gasteiger partial charge in [0, 0.05) is 36.4 Å². The number of nitrogens with zero attached hydrogens (tertiary/aromatic N) is 4. The van der Waals surface area contributed by atoms with Gasteiger partial charge in [0.2, 0.25) is 16.0 Å². The first-order valence-corrected chi connectivity index (χ1v) is 13.8. The Labute approximate surface area is 215 Å². The zero-order valence-electron chi connectivity index (χ0n) is 21.0. The quantitative estimate of drug-likeness (QED) is 0.464. The van der Waals surface area contributed by atoms with E-state index in [0.29, 0.717) is 22.3 Å². The molecule has 3 heterocycles. The van der Waals surface area contributed by atoms with E-state index in [9.17, 15) is 17.6 Å². The predicted molar refractivity (Wildman–Crippen MR) is 140 cm³/mol. The van der Waals surface area contributed by atoms with Gasteiger partial charge >= 0.3 is 0 Å². The van der Waals surface area contributed by atoms with E-state index in [1.54, 1.807) is 31.3 Å². The molecule has 0 spiro atoms. The average Bonchev–Trinajstić information content (AvgIpc) is 2.81. The Morgan fingerprint density at radius 1 is 1.14 bits per heavy atom. The molecule has 1 fully saturated rings. The lowest BCUT2D eigenvalue weighted by molar-refractivity contribution is 0.0420. The first kappa shape index (κ1) is 26.5. The van der Waals surface area contributed by atoms with E-state index in [2.05, 4.69) is 15.3 Å². The van der Waals surface area contributed by atoms with E-state index in [0.717, 1.165) is 0 Å². The van der Waals surface area contributed by atoms with Gasteiger partial charge in [-0.1, -0.05) is 25.4 Å². The van der Waals surface area contributed by atoms with Gasteiger partial charge in [0.05, 0.1) is 4.90 Å². The third-order valence-electron chi connectivity index (χ3n) is 6.92. The summed E-state index contributed by atoms with van der Waals surface area (Å²) in [5.74, 6) is 0.112. The van der Waals surface area contributed by atoms with Gasteiger partial charge in [0.15, 0.2) is 0 Å².